The highest BCUT2D eigenvalue weighted by atomic mass is 32.2. The van der Waals surface area contributed by atoms with Crippen LogP contribution < -0.4 is 4.74 Å². The normalized spacial score (nSPS) is 24.5. The Kier molecular flexibility index (Phi) is 4.99. The van der Waals surface area contributed by atoms with Crippen LogP contribution in [0.2, 0.25) is 0 Å². The molecule has 5 aliphatic rings. The minimum absolute atomic E-state index is 0.00281. The second-order valence-corrected chi connectivity index (χ2v) is 13.6. The van der Waals surface area contributed by atoms with Gasteiger partial charge in [0.05, 0.1) is 10.9 Å². The van der Waals surface area contributed by atoms with Gasteiger partial charge in [0.2, 0.25) is 10.0 Å². The molecule has 3 saturated heterocycles. The van der Waals surface area contributed by atoms with Crippen LogP contribution in [0.3, 0.4) is 0 Å². The van der Waals surface area contributed by atoms with Crippen LogP contribution in [0.1, 0.15) is 43.5 Å². The van der Waals surface area contributed by atoms with E-state index in [2.05, 4.69) is 14.8 Å². The summed E-state index contributed by atoms with van der Waals surface area (Å²) in [6.07, 6.45) is 1.37. The van der Waals surface area contributed by atoms with Gasteiger partial charge in [-0.2, -0.15) is 9.40 Å². The highest BCUT2D eigenvalue weighted by Crippen LogP contribution is 2.54. The van der Waals surface area contributed by atoms with E-state index in [1.165, 1.54) is 17.1 Å². The van der Waals surface area contributed by atoms with Gasteiger partial charge in [-0.05, 0) is 49.9 Å². The summed E-state index contributed by atoms with van der Waals surface area (Å²) in [5.74, 6) is 1.02. The predicted molar refractivity (Wildman–Crippen MR) is 126 cm³/mol. The molecule has 38 heavy (non-hydrogen) atoms. The number of alkyl halides is 3. The SMILES string of the molecule is O=C(N1CC2(CC(n3cnc(C4CC4)n3)C2)C1)N1CC2(C1)CN(S(=O)(=O)c1ccc(OC(F)(F)F)cc1)C2. The molecule has 10 nitrogen and oxygen atoms in total. The largest absolute Gasteiger partial charge is 0.573 e. The Hall–Kier alpha value is -2.87. The lowest BCUT2D eigenvalue weighted by atomic mass is 9.60. The fraction of sp³-hybridized carbons (Fsp3) is 0.625. The Morgan fingerprint density at radius 1 is 0.947 bits per heavy atom. The number of aromatic nitrogens is 3. The van der Waals surface area contributed by atoms with Crippen molar-refractivity contribution in [3.8, 4) is 5.75 Å². The van der Waals surface area contributed by atoms with E-state index in [4.69, 9.17) is 0 Å². The molecule has 5 fully saturated rings. The number of carbonyl (C=O) groups is 1. The molecule has 1 aromatic heterocycles. The maximum absolute atomic E-state index is 12.9. The zero-order valence-electron chi connectivity index (χ0n) is 20.5. The van der Waals surface area contributed by atoms with Crippen LogP contribution in [-0.4, -0.2) is 88.9 Å². The summed E-state index contributed by atoms with van der Waals surface area (Å²) in [4.78, 5) is 20.9. The first kappa shape index (κ1) is 24.2. The molecule has 0 atom stereocenters. The van der Waals surface area contributed by atoms with Crippen molar-refractivity contribution in [3.05, 3.63) is 36.4 Å². The van der Waals surface area contributed by atoms with Crippen molar-refractivity contribution in [1.29, 1.82) is 0 Å². The monoisotopic (exact) mass is 552 g/mol. The molecule has 0 N–H and O–H groups in total. The summed E-state index contributed by atoms with van der Waals surface area (Å²) in [6, 6.07) is 4.55. The number of urea groups is 1. The van der Waals surface area contributed by atoms with Crippen molar-refractivity contribution in [2.75, 3.05) is 39.3 Å². The van der Waals surface area contributed by atoms with Crippen LogP contribution in [0.25, 0.3) is 0 Å². The van der Waals surface area contributed by atoms with Crippen molar-refractivity contribution in [3.63, 3.8) is 0 Å². The Labute approximate surface area is 217 Å². The first-order valence-electron chi connectivity index (χ1n) is 12.7. The molecule has 2 aliphatic carbocycles. The summed E-state index contributed by atoms with van der Waals surface area (Å²) >= 11 is 0. The van der Waals surface area contributed by atoms with Crippen LogP contribution >= 0.6 is 0 Å². The van der Waals surface area contributed by atoms with Crippen molar-refractivity contribution in [2.24, 2.45) is 10.8 Å². The minimum Gasteiger partial charge on any atom is -0.406 e. The molecule has 2 amide bonds. The Balaban J connectivity index is 0.869. The number of amides is 2. The number of halogens is 3. The highest BCUT2D eigenvalue weighted by molar-refractivity contribution is 7.89. The number of sulfonamides is 1. The Morgan fingerprint density at radius 2 is 1.55 bits per heavy atom. The van der Waals surface area contributed by atoms with E-state index in [1.807, 2.05) is 15.9 Å². The Morgan fingerprint density at radius 3 is 2.13 bits per heavy atom. The van der Waals surface area contributed by atoms with Crippen LogP contribution in [0.5, 0.6) is 5.75 Å². The zero-order valence-corrected chi connectivity index (χ0v) is 21.3. The molecule has 0 unspecified atom stereocenters. The van der Waals surface area contributed by atoms with Crippen LogP contribution in [0.4, 0.5) is 18.0 Å². The molecular weight excluding hydrogens is 525 g/mol. The van der Waals surface area contributed by atoms with Gasteiger partial charge in [0.25, 0.3) is 0 Å². The topological polar surface area (TPSA) is 101 Å². The first-order chi connectivity index (χ1) is 17.9. The zero-order chi connectivity index (χ0) is 26.5. The van der Waals surface area contributed by atoms with Crippen LogP contribution in [-0.2, 0) is 10.0 Å². The lowest BCUT2D eigenvalue weighted by Gasteiger charge is -2.63. The van der Waals surface area contributed by atoms with E-state index in [1.54, 1.807) is 4.90 Å². The summed E-state index contributed by atoms with van der Waals surface area (Å²) in [5.41, 5.74) is -0.0743. The minimum atomic E-state index is -4.84. The van der Waals surface area contributed by atoms with E-state index in [0.29, 0.717) is 25.0 Å². The fourth-order valence-electron chi connectivity index (χ4n) is 6.41. The molecule has 204 valence electrons. The molecule has 2 spiro atoms. The fourth-order valence-corrected chi connectivity index (χ4v) is 8.08. The maximum Gasteiger partial charge on any atom is 0.573 e. The van der Waals surface area contributed by atoms with E-state index >= 15 is 0 Å². The number of rotatable bonds is 5. The van der Waals surface area contributed by atoms with Crippen LogP contribution in [0.15, 0.2) is 35.5 Å². The number of ether oxygens (including phenoxy) is 1. The summed E-state index contributed by atoms with van der Waals surface area (Å²) < 4.78 is 69.8. The predicted octanol–water partition coefficient (Wildman–Crippen LogP) is 2.82. The number of benzene rings is 1. The van der Waals surface area contributed by atoms with Gasteiger partial charge in [0, 0.05) is 56.0 Å². The van der Waals surface area contributed by atoms with Gasteiger partial charge >= 0.3 is 12.4 Å². The van der Waals surface area contributed by atoms with Gasteiger partial charge in [-0.1, -0.05) is 0 Å². The van der Waals surface area contributed by atoms with Gasteiger partial charge in [0.15, 0.2) is 5.82 Å². The smallest absolute Gasteiger partial charge is 0.406 e. The average Bonchev–Trinajstić information content (AvgIpc) is 3.47. The standard InChI is InChI=1S/C24H27F3N6O4S/c25-24(26,27)37-18-3-5-19(6-4-18)38(35,36)32-13-23(14-32)11-31(12-23)21(34)30-9-22(10-30)7-17(8-22)33-15-28-20(29-33)16-1-2-16/h3-6,15-17H,1-2,7-14H2. The van der Waals surface area contributed by atoms with Gasteiger partial charge in [-0.3, -0.25) is 0 Å². The van der Waals surface area contributed by atoms with Gasteiger partial charge in [-0.15, -0.1) is 13.2 Å². The number of likely N-dealkylation sites (tertiary alicyclic amines) is 2. The van der Waals surface area contributed by atoms with E-state index in [-0.39, 0.29) is 34.8 Å². The third kappa shape index (κ3) is 4.03. The molecular formula is C24H27F3N6O4S. The molecule has 4 heterocycles. The molecule has 0 bridgehead atoms. The van der Waals surface area contributed by atoms with Gasteiger partial charge in [0.1, 0.15) is 12.1 Å². The van der Waals surface area contributed by atoms with Crippen LogP contribution in [0, 0.1) is 10.8 Å². The molecule has 2 aromatic rings. The number of carbonyl (C=O) groups excluding carboxylic acids is 1. The molecule has 2 saturated carbocycles. The number of hydrogen-bond donors (Lipinski definition) is 0. The number of hydrogen-bond acceptors (Lipinski definition) is 6. The molecule has 3 aliphatic heterocycles. The van der Waals surface area contributed by atoms with Gasteiger partial charge < -0.3 is 14.5 Å². The van der Waals surface area contributed by atoms with Crippen molar-refractivity contribution >= 4 is 16.1 Å². The van der Waals surface area contributed by atoms with Crippen molar-refractivity contribution in [2.45, 2.75) is 48.9 Å². The van der Waals surface area contributed by atoms with E-state index in [0.717, 1.165) is 56.0 Å². The summed E-state index contributed by atoms with van der Waals surface area (Å²) in [5, 5.41) is 4.64. The lowest BCUT2D eigenvalue weighted by molar-refractivity contribution is -0.274. The third-order valence-corrected chi connectivity index (χ3v) is 10.4. The van der Waals surface area contributed by atoms with E-state index < -0.39 is 22.1 Å². The summed E-state index contributed by atoms with van der Waals surface area (Å²) in [7, 11) is -3.83. The van der Waals surface area contributed by atoms with E-state index in [9.17, 15) is 26.4 Å². The quantitative estimate of drug-likeness (QED) is 0.566. The molecule has 7 rings (SSSR count). The Bertz CT molecular complexity index is 1360. The van der Waals surface area contributed by atoms with Crippen molar-refractivity contribution in [1.82, 2.24) is 28.9 Å². The third-order valence-electron chi connectivity index (χ3n) is 8.54. The first-order valence-corrected chi connectivity index (χ1v) is 14.2. The van der Waals surface area contributed by atoms with Gasteiger partial charge in [-0.25, -0.2) is 22.9 Å². The maximum atomic E-state index is 12.9. The van der Waals surface area contributed by atoms with Crippen molar-refractivity contribution < 1.29 is 31.1 Å². The molecule has 1 aromatic carbocycles. The number of nitrogens with zero attached hydrogens (tertiary/aromatic N) is 6. The highest BCUT2D eigenvalue weighted by Gasteiger charge is 2.60. The lowest BCUT2D eigenvalue weighted by Crippen LogP contribution is -2.76. The second-order valence-electron chi connectivity index (χ2n) is 11.7. The summed E-state index contributed by atoms with van der Waals surface area (Å²) in [6.45, 7) is 3.06. The average molecular weight is 553 g/mol. The molecule has 0 radical (unpaired) electrons. The molecule has 14 heteroatoms. The second kappa shape index (κ2) is 7.84.